The van der Waals surface area contributed by atoms with Crippen LogP contribution in [-0.4, -0.2) is 34.8 Å². The maximum Gasteiger partial charge on any atom is 0.215 e. The van der Waals surface area contributed by atoms with E-state index in [0.717, 1.165) is 24.4 Å². The third kappa shape index (κ3) is 1.76. The van der Waals surface area contributed by atoms with Crippen LogP contribution in [0.1, 0.15) is 25.1 Å². The topological polar surface area (TPSA) is 60.0 Å². The molecule has 1 fully saturated rings. The molecule has 0 spiro atoms. The Labute approximate surface area is 99.2 Å². The molecule has 1 aliphatic rings. The highest BCUT2D eigenvalue weighted by Crippen LogP contribution is 2.30. The summed E-state index contributed by atoms with van der Waals surface area (Å²) in [6.45, 7) is 2.89. The molecule has 2 aromatic rings. The number of methoxy groups -OCH3 is 1. The highest BCUT2D eigenvalue weighted by atomic mass is 16.5. The van der Waals surface area contributed by atoms with Gasteiger partial charge in [0, 0.05) is 18.6 Å². The second kappa shape index (κ2) is 4.00. The highest BCUT2D eigenvalue weighted by Gasteiger charge is 2.28. The van der Waals surface area contributed by atoms with E-state index in [4.69, 9.17) is 9.47 Å². The Morgan fingerprint density at radius 1 is 1.41 bits per heavy atom. The molecule has 0 aromatic carbocycles. The van der Waals surface area contributed by atoms with Gasteiger partial charge < -0.3 is 14.5 Å². The van der Waals surface area contributed by atoms with Crippen LogP contribution >= 0.6 is 0 Å². The summed E-state index contributed by atoms with van der Waals surface area (Å²) in [6, 6.07) is 3.77. The monoisotopic (exact) mass is 233 g/mol. The summed E-state index contributed by atoms with van der Waals surface area (Å²) in [5, 5.41) is 0. The molecule has 3 rings (SSSR count). The Balaban J connectivity index is 2.01. The van der Waals surface area contributed by atoms with Crippen LogP contribution in [0.2, 0.25) is 0 Å². The minimum absolute atomic E-state index is 0.220. The molecule has 0 radical (unpaired) electrons. The summed E-state index contributed by atoms with van der Waals surface area (Å²) in [7, 11) is 1.61. The average molecular weight is 233 g/mol. The predicted molar refractivity (Wildman–Crippen MR) is 63.2 cm³/mol. The van der Waals surface area contributed by atoms with Gasteiger partial charge in [0.25, 0.3) is 0 Å². The highest BCUT2D eigenvalue weighted by molar-refractivity contribution is 5.71. The summed E-state index contributed by atoms with van der Waals surface area (Å²) in [5.74, 6) is 1.90. The number of hydrogen-bond donors (Lipinski definition) is 1. The fraction of sp³-hybridized carbons (Fsp3) is 0.500. The SMILES string of the molecule is COc1ccc2[nH]c(C3CCOC3C)nc2n1. The maximum absolute atomic E-state index is 5.56. The molecule has 2 unspecified atom stereocenters. The molecule has 90 valence electrons. The molecule has 3 heterocycles. The van der Waals surface area contributed by atoms with Crippen molar-refractivity contribution in [2.24, 2.45) is 0 Å². The molecule has 1 saturated heterocycles. The zero-order valence-corrected chi connectivity index (χ0v) is 9.93. The molecular weight excluding hydrogens is 218 g/mol. The van der Waals surface area contributed by atoms with E-state index in [2.05, 4.69) is 21.9 Å². The molecule has 5 nitrogen and oxygen atoms in total. The van der Waals surface area contributed by atoms with E-state index >= 15 is 0 Å². The van der Waals surface area contributed by atoms with Crippen molar-refractivity contribution >= 4 is 11.2 Å². The van der Waals surface area contributed by atoms with Gasteiger partial charge in [0.1, 0.15) is 5.82 Å². The summed E-state index contributed by atoms with van der Waals surface area (Å²) >= 11 is 0. The van der Waals surface area contributed by atoms with Crippen LogP contribution in [0.4, 0.5) is 0 Å². The number of fused-ring (bicyclic) bond motifs is 1. The molecule has 2 atom stereocenters. The molecule has 17 heavy (non-hydrogen) atoms. The first kappa shape index (κ1) is 10.5. The Kier molecular flexibility index (Phi) is 2.48. The Hall–Kier alpha value is -1.62. The van der Waals surface area contributed by atoms with Crippen LogP contribution < -0.4 is 4.74 Å². The number of ether oxygens (including phenoxy) is 2. The molecule has 0 aliphatic carbocycles. The normalized spacial score (nSPS) is 24.4. The van der Waals surface area contributed by atoms with Gasteiger partial charge in [0.2, 0.25) is 5.88 Å². The zero-order valence-electron chi connectivity index (χ0n) is 9.93. The van der Waals surface area contributed by atoms with E-state index in [1.54, 1.807) is 7.11 Å². The van der Waals surface area contributed by atoms with Crippen molar-refractivity contribution < 1.29 is 9.47 Å². The molecule has 1 N–H and O–H groups in total. The van der Waals surface area contributed by atoms with Crippen LogP contribution in [0.3, 0.4) is 0 Å². The zero-order chi connectivity index (χ0) is 11.8. The number of nitrogens with one attached hydrogen (secondary N) is 1. The van der Waals surface area contributed by atoms with Gasteiger partial charge in [-0.1, -0.05) is 0 Å². The van der Waals surface area contributed by atoms with Crippen molar-refractivity contribution in [3.05, 3.63) is 18.0 Å². The standard InChI is InChI=1S/C12H15N3O2/c1-7-8(5-6-17-7)11-13-9-3-4-10(16-2)14-12(9)15-11/h3-4,7-8H,5-6H2,1-2H3,(H,13,14,15). The minimum Gasteiger partial charge on any atom is -0.481 e. The van der Waals surface area contributed by atoms with E-state index in [9.17, 15) is 0 Å². The van der Waals surface area contributed by atoms with Gasteiger partial charge in [-0.3, -0.25) is 0 Å². The van der Waals surface area contributed by atoms with Crippen LogP contribution in [0, 0.1) is 0 Å². The van der Waals surface area contributed by atoms with E-state index in [1.165, 1.54) is 0 Å². The van der Waals surface area contributed by atoms with Gasteiger partial charge in [0.15, 0.2) is 5.65 Å². The lowest BCUT2D eigenvalue weighted by molar-refractivity contribution is 0.117. The third-order valence-electron chi connectivity index (χ3n) is 3.28. The van der Waals surface area contributed by atoms with Gasteiger partial charge in [-0.2, -0.15) is 4.98 Å². The summed E-state index contributed by atoms with van der Waals surface area (Å²) in [4.78, 5) is 12.1. The summed E-state index contributed by atoms with van der Waals surface area (Å²) in [5.41, 5.74) is 1.65. The van der Waals surface area contributed by atoms with Crippen LogP contribution in [0.5, 0.6) is 5.88 Å². The lowest BCUT2D eigenvalue weighted by Crippen LogP contribution is -2.10. The maximum atomic E-state index is 5.56. The molecule has 5 heteroatoms. The predicted octanol–water partition coefficient (Wildman–Crippen LogP) is 1.86. The van der Waals surface area contributed by atoms with Gasteiger partial charge in [-0.15, -0.1) is 0 Å². The van der Waals surface area contributed by atoms with Crippen LogP contribution in [-0.2, 0) is 4.74 Å². The van der Waals surface area contributed by atoms with E-state index < -0.39 is 0 Å². The summed E-state index contributed by atoms with van der Waals surface area (Å²) in [6.07, 6.45) is 1.23. The first-order chi connectivity index (χ1) is 8.28. The average Bonchev–Trinajstić information content (AvgIpc) is 2.93. The fourth-order valence-electron chi connectivity index (χ4n) is 2.27. The second-order valence-electron chi connectivity index (χ2n) is 4.32. The van der Waals surface area contributed by atoms with Crippen molar-refractivity contribution in [1.29, 1.82) is 0 Å². The van der Waals surface area contributed by atoms with Crippen LogP contribution in [0.15, 0.2) is 12.1 Å². The lowest BCUT2D eigenvalue weighted by atomic mass is 10.0. The second-order valence-corrected chi connectivity index (χ2v) is 4.32. The number of H-pyrrole nitrogens is 1. The largest absolute Gasteiger partial charge is 0.481 e. The minimum atomic E-state index is 0.220. The van der Waals surface area contributed by atoms with E-state index in [1.807, 2.05) is 12.1 Å². The van der Waals surface area contributed by atoms with Gasteiger partial charge >= 0.3 is 0 Å². The van der Waals surface area contributed by atoms with E-state index in [-0.39, 0.29) is 6.10 Å². The van der Waals surface area contributed by atoms with Crippen molar-refractivity contribution in [1.82, 2.24) is 15.0 Å². The molecule has 0 bridgehead atoms. The first-order valence-corrected chi connectivity index (χ1v) is 5.80. The Bertz CT molecular complexity index is 538. The fourth-order valence-corrected chi connectivity index (χ4v) is 2.27. The van der Waals surface area contributed by atoms with Gasteiger partial charge in [0.05, 0.1) is 18.7 Å². The first-order valence-electron chi connectivity index (χ1n) is 5.80. The van der Waals surface area contributed by atoms with Crippen molar-refractivity contribution in [3.8, 4) is 5.88 Å². The van der Waals surface area contributed by atoms with Crippen molar-refractivity contribution in [3.63, 3.8) is 0 Å². The number of hydrogen-bond acceptors (Lipinski definition) is 4. The van der Waals surface area contributed by atoms with Crippen LogP contribution in [0.25, 0.3) is 11.2 Å². The summed E-state index contributed by atoms with van der Waals surface area (Å²) < 4.78 is 10.6. The molecule has 1 aliphatic heterocycles. The number of nitrogens with zero attached hydrogens (tertiary/aromatic N) is 2. The van der Waals surface area contributed by atoms with E-state index in [0.29, 0.717) is 17.4 Å². The van der Waals surface area contributed by atoms with Gasteiger partial charge in [-0.25, -0.2) is 4.98 Å². The van der Waals surface area contributed by atoms with Crippen molar-refractivity contribution in [2.45, 2.75) is 25.4 Å². The number of rotatable bonds is 2. The third-order valence-corrected chi connectivity index (χ3v) is 3.28. The molecule has 2 aromatic heterocycles. The number of pyridine rings is 1. The quantitative estimate of drug-likeness (QED) is 0.860. The molecule has 0 amide bonds. The smallest absolute Gasteiger partial charge is 0.215 e. The van der Waals surface area contributed by atoms with Crippen molar-refractivity contribution in [2.75, 3.05) is 13.7 Å². The number of aromatic nitrogens is 3. The Morgan fingerprint density at radius 2 is 2.29 bits per heavy atom. The van der Waals surface area contributed by atoms with Gasteiger partial charge in [-0.05, 0) is 19.4 Å². The Morgan fingerprint density at radius 3 is 3.00 bits per heavy atom. The molecular formula is C12H15N3O2. The number of aromatic amines is 1. The number of imidazole rings is 1. The molecule has 0 saturated carbocycles. The lowest BCUT2D eigenvalue weighted by Gasteiger charge is -2.09.